The van der Waals surface area contributed by atoms with Gasteiger partial charge in [0.1, 0.15) is 5.75 Å². The van der Waals surface area contributed by atoms with Crippen molar-refractivity contribution >= 4 is 34.3 Å². The molecule has 1 aromatic carbocycles. The summed E-state index contributed by atoms with van der Waals surface area (Å²) in [5.41, 5.74) is 5.93. The third-order valence-corrected chi connectivity index (χ3v) is 2.89. The van der Waals surface area contributed by atoms with Crippen molar-refractivity contribution < 1.29 is 19.0 Å². The molecule has 0 heterocycles. The summed E-state index contributed by atoms with van der Waals surface area (Å²) in [5.74, 6) is -1.05. The van der Waals surface area contributed by atoms with Gasteiger partial charge in [0.25, 0.3) is 0 Å². The summed E-state index contributed by atoms with van der Waals surface area (Å²) >= 11 is 3.18. The summed E-state index contributed by atoms with van der Waals surface area (Å²) in [5, 5.41) is 9.30. The van der Waals surface area contributed by atoms with E-state index in [1.165, 1.54) is 18.2 Å². The van der Waals surface area contributed by atoms with E-state index in [1.807, 2.05) is 0 Å². The Morgan fingerprint density at radius 3 is 2.78 bits per heavy atom. The number of hydrogen-bond donors (Lipinski definition) is 2. The zero-order valence-corrected chi connectivity index (χ0v) is 12.0. The van der Waals surface area contributed by atoms with E-state index in [0.717, 1.165) is 0 Å². The van der Waals surface area contributed by atoms with E-state index in [-0.39, 0.29) is 24.8 Å². The Kier molecular flexibility index (Phi) is 7.20. The third kappa shape index (κ3) is 4.12. The normalized spacial score (nSPS) is 13.3. The summed E-state index contributed by atoms with van der Waals surface area (Å²) < 4.78 is 18.7. The fourth-order valence-electron chi connectivity index (χ4n) is 1.31. The zero-order chi connectivity index (χ0) is 13.0. The van der Waals surface area contributed by atoms with Gasteiger partial charge in [0.15, 0.2) is 0 Å². The monoisotopic (exact) mass is 341 g/mol. The number of phenolic OH excluding ortho intramolecular Hbond substituents is 1. The molecule has 7 heteroatoms. The molecule has 0 aliphatic rings. The van der Waals surface area contributed by atoms with Gasteiger partial charge in [-0.15, -0.1) is 12.4 Å². The summed E-state index contributed by atoms with van der Waals surface area (Å²) in [7, 11) is 0. The Morgan fingerprint density at radius 1 is 1.61 bits per heavy atom. The van der Waals surface area contributed by atoms with Gasteiger partial charge in [0.05, 0.1) is 12.6 Å². The molecule has 0 radical (unpaired) electrons. The third-order valence-electron chi connectivity index (χ3n) is 2.17. The Morgan fingerprint density at radius 2 is 2.22 bits per heavy atom. The number of hydrogen-bond acceptors (Lipinski definition) is 4. The van der Waals surface area contributed by atoms with Crippen LogP contribution in [0.2, 0.25) is 0 Å². The maximum absolute atomic E-state index is 13.7. The Bertz CT molecular complexity index is 419. The molecule has 1 rings (SSSR count). The highest BCUT2D eigenvalue weighted by Crippen LogP contribution is 2.29. The number of phenols is 1. The highest BCUT2D eigenvalue weighted by Gasteiger charge is 2.29. The number of esters is 1. The van der Waals surface area contributed by atoms with Gasteiger partial charge in [-0.1, -0.05) is 15.9 Å². The standard InChI is InChI=1S/C11H13BrFNO3.ClH/c1-2-17-11(16)9(13)10(14)7-5-6(15)3-4-8(7)12;/h3-5,9-10,15H,2,14H2,1H3;1H/t9?,10-;/m1./s1. The topological polar surface area (TPSA) is 72.5 Å². The molecule has 4 nitrogen and oxygen atoms in total. The summed E-state index contributed by atoms with van der Waals surface area (Å²) in [6, 6.07) is 3.08. The van der Waals surface area contributed by atoms with Gasteiger partial charge in [-0.2, -0.15) is 0 Å². The molecular weight excluding hydrogens is 328 g/mol. The quantitative estimate of drug-likeness (QED) is 0.825. The average Bonchev–Trinajstić information content (AvgIpc) is 2.30. The van der Waals surface area contributed by atoms with Crippen molar-refractivity contribution in [1.82, 2.24) is 0 Å². The summed E-state index contributed by atoms with van der Waals surface area (Å²) in [6.45, 7) is 1.67. The predicted octanol–water partition coefficient (Wildman–Crippen LogP) is 2.48. The van der Waals surface area contributed by atoms with Crippen molar-refractivity contribution in [3.8, 4) is 5.75 Å². The molecule has 0 fully saturated rings. The number of carbonyl (C=O) groups excluding carboxylic acids is 1. The van der Waals surface area contributed by atoms with Crippen molar-refractivity contribution in [2.24, 2.45) is 5.73 Å². The summed E-state index contributed by atoms with van der Waals surface area (Å²) in [4.78, 5) is 11.2. The molecule has 102 valence electrons. The van der Waals surface area contributed by atoms with Crippen LogP contribution in [0.4, 0.5) is 4.39 Å². The largest absolute Gasteiger partial charge is 0.508 e. The molecule has 18 heavy (non-hydrogen) atoms. The lowest BCUT2D eigenvalue weighted by molar-refractivity contribution is -0.149. The first-order valence-corrected chi connectivity index (χ1v) is 5.81. The molecule has 0 saturated heterocycles. The van der Waals surface area contributed by atoms with E-state index < -0.39 is 18.2 Å². The van der Waals surface area contributed by atoms with Crippen LogP contribution in [0.3, 0.4) is 0 Å². The smallest absolute Gasteiger partial charge is 0.342 e. The van der Waals surface area contributed by atoms with E-state index in [2.05, 4.69) is 20.7 Å². The van der Waals surface area contributed by atoms with Crippen molar-refractivity contribution in [2.75, 3.05) is 6.61 Å². The van der Waals surface area contributed by atoms with Crippen molar-refractivity contribution in [3.05, 3.63) is 28.2 Å². The maximum atomic E-state index is 13.7. The van der Waals surface area contributed by atoms with Crippen LogP contribution in [0.1, 0.15) is 18.5 Å². The SMILES string of the molecule is CCOC(=O)C(F)[C@H](N)c1cc(O)ccc1Br.Cl. The van der Waals surface area contributed by atoms with Crippen LogP contribution < -0.4 is 5.73 Å². The van der Waals surface area contributed by atoms with Gasteiger partial charge in [0, 0.05) is 4.47 Å². The van der Waals surface area contributed by atoms with Gasteiger partial charge in [0.2, 0.25) is 6.17 Å². The minimum absolute atomic E-state index is 0. The fourth-order valence-corrected chi connectivity index (χ4v) is 1.82. The van der Waals surface area contributed by atoms with E-state index in [0.29, 0.717) is 10.0 Å². The number of halogens is 3. The van der Waals surface area contributed by atoms with Gasteiger partial charge in [-0.3, -0.25) is 0 Å². The first kappa shape index (κ1) is 17.2. The second-order valence-electron chi connectivity index (χ2n) is 3.39. The molecule has 1 aromatic rings. The van der Waals surface area contributed by atoms with E-state index in [9.17, 15) is 14.3 Å². The van der Waals surface area contributed by atoms with Crippen molar-refractivity contribution in [3.63, 3.8) is 0 Å². The zero-order valence-electron chi connectivity index (χ0n) is 9.60. The van der Waals surface area contributed by atoms with E-state index >= 15 is 0 Å². The molecule has 0 spiro atoms. The second kappa shape index (κ2) is 7.56. The first-order chi connectivity index (χ1) is 7.97. The molecule has 3 N–H and O–H groups in total. The fraction of sp³-hybridized carbons (Fsp3) is 0.364. The molecule has 2 atom stereocenters. The number of benzene rings is 1. The summed E-state index contributed by atoms with van der Waals surface area (Å²) in [6.07, 6.45) is -1.96. The molecule has 0 aliphatic heterocycles. The van der Waals surface area contributed by atoms with Crippen molar-refractivity contribution in [2.45, 2.75) is 19.1 Å². The lowest BCUT2D eigenvalue weighted by atomic mass is 10.0. The minimum atomic E-state index is -1.96. The highest BCUT2D eigenvalue weighted by atomic mass is 79.9. The first-order valence-electron chi connectivity index (χ1n) is 5.02. The molecule has 0 bridgehead atoms. The molecule has 0 aromatic heterocycles. The van der Waals surface area contributed by atoms with Crippen LogP contribution >= 0.6 is 28.3 Å². The minimum Gasteiger partial charge on any atom is -0.508 e. The number of alkyl halides is 1. The predicted molar refractivity (Wildman–Crippen MR) is 71.5 cm³/mol. The van der Waals surface area contributed by atoms with Crippen LogP contribution in [0.5, 0.6) is 5.75 Å². The number of rotatable bonds is 4. The van der Waals surface area contributed by atoms with Crippen LogP contribution in [-0.2, 0) is 9.53 Å². The van der Waals surface area contributed by atoms with Crippen LogP contribution in [0.15, 0.2) is 22.7 Å². The Labute approximate surface area is 119 Å². The maximum Gasteiger partial charge on any atom is 0.342 e. The van der Waals surface area contributed by atoms with Gasteiger partial charge < -0.3 is 15.6 Å². The lowest BCUT2D eigenvalue weighted by Gasteiger charge is -2.17. The Hall–Kier alpha value is -0.850. The van der Waals surface area contributed by atoms with Gasteiger partial charge in [-0.25, -0.2) is 9.18 Å². The Balaban J connectivity index is 0.00000289. The molecular formula is C11H14BrClFNO3. The molecule has 0 aliphatic carbocycles. The van der Waals surface area contributed by atoms with Crippen LogP contribution in [0.25, 0.3) is 0 Å². The molecule has 0 saturated carbocycles. The molecule has 0 amide bonds. The molecule has 1 unspecified atom stereocenters. The van der Waals surface area contributed by atoms with Crippen LogP contribution in [0, 0.1) is 0 Å². The second-order valence-corrected chi connectivity index (χ2v) is 4.24. The van der Waals surface area contributed by atoms with Crippen molar-refractivity contribution in [1.29, 1.82) is 0 Å². The van der Waals surface area contributed by atoms with Crippen LogP contribution in [-0.4, -0.2) is 23.9 Å². The van der Waals surface area contributed by atoms with Gasteiger partial charge in [-0.05, 0) is 30.7 Å². The van der Waals surface area contributed by atoms with E-state index in [1.54, 1.807) is 6.92 Å². The lowest BCUT2D eigenvalue weighted by Crippen LogP contribution is -2.31. The number of ether oxygens (including phenoxy) is 1. The number of nitrogens with two attached hydrogens (primary N) is 1. The highest BCUT2D eigenvalue weighted by molar-refractivity contribution is 9.10. The average molecular weight is 343 g/mol. The van der Waals surface area contributed by atoms with Gasteiger partial charge >= 0.3 is 5.97 Å². The number of aromatic hydroxyl groups is 1. The van der Waals surface area contributed by atoms with E-state index in [4.69, 9.17) is 5.73 Å². The number of carbonyl (C=O) groups is 1.